The molecule has 0 fully saturated rings. The Morgan fingerprint density at radius 1 is 1.18 bits per heavy atom. The van der Waals surface area contributed by atoms with Crippen molar-refractivity contribution < 1.29 is 9.21 Å². The molecule has 88 valence electrons. The Morgan fingerprint density at radius 2 is 1.82 bits per heavy atom. The van der Waals surface area contributed by atoms with Crippen LogP contribution in [0.5, 0.6) is 0 Å². The molecule has 0 spiro atoms. The van der Waals surface area contributed by atoms with Gasteiger partial charge in [0.05, 0.1) is 6.20 Å². The molecule has 4 heteroatoms. The first-order valence-electron chi connectivity index (χ1n) is 5.36. The molecule has 2 aromatic rings. The van der Waals surface area contributed by atoms with E-state index in [2.05, 4.69) is 10.3 Å². The van der Waals surface area contributed by atoms with Crippen LogP contribution < -0.4 is 5.32 Å². The second-order valence-corrected chi connectivity index (χ2v) is 4.11. The number of rotatable bonds is 2. The number of carbonyl (C=O) groups is 1. The van der Waals surface area contributed by atoms with Crippen LogP contribution in [0.3, 0.4) is 0 Å². The fourth-order valence-corrected chi connectivity index (χ4v) is 1.69. The summed E-state index contributed by atoms with van der Waals surface area (Å²) in [6.07, 6.45) is 1.52. The van der Waals surface area contributed by atoms with E-state index < -0.39 is 0 Å². The summed E-state index contributed by atoms with van der Waals surface area (Å²) in [7, 11) is 0. The van der Waals surface area contributed by atoms with Crippen LogP contribution in [0.15, 0.2) is 28.8 Å². The quantitative estimate of drug-likeness (QED) is 0.863. The van der Waals surface area contributed by atoms with Crippen LogP contribution in [-0.2, 0) is 0 Å². The number of carbonyl (C=O) groups excluding carboxylic acids is 1. The predicted molar refractivity (Wildman–Crippen MR) is 65.1 cm³/mol. The standard InChI is InChI=1S/C13H14N2O2/c1-8-4-9(2)6-11(5-8)15-12(16)13-14-7-10(3)17-13/h4-7H,1-3H3,(H,15,16). The SMILES string of the molecule is Cc1cc(C)cc(NC(=O)c2ncc(C)o2)c1. The topological polar surface area (TPSA) is 55.1 Å². The lowest BCUT2D eigenvalue weighted by Crippen LogP contribution is -2.12. The number of aromatic nitrogens is 1. The number of aryl methyl sites for hydroxylation is 3. The van der Waals surface area contributed by atoms with Crippen LogP contribution in [0.4, 0.5) is 5.69 Å². The van der Waals surface area contributed by atoms with E-state index in [1.165, 1.54) is 6.20 Å². The van der Waals surface area contributed by atoms with Gasteiger partial charge in [-0.2, -0.15) is 0 Å². The third kappa shape index (κ3) is 2.72. The fraction of sp³-hybridized carbons (Fsp3) is 0.231. The molecule has 0 saturated carbocycles. The highest BCUT2D eigenvalue weighted by Gasteiger charge is 2.12. The van der Waals surface area contributed by atoms with E-state index in [0.717, 1.165) is 16.8 Å². The van der Waals surface area contributed by atoms with Gasteiger partial charge in [-0.1, -0.05) is 6.07 Å². The van der Waals surface area contributed by atoms with E-state index in [1.807, 2.05) is 32.0 Å². The van der Waals surface area contributed by atoms with E-state index in [9.17, 15) is 4.79 Å². The molecule has 0 aliphatic rings. The summed E-state index contributed by atoms with van der Waals surface area (Å²) in [6, 6.07) is 5.85. The summed E-state index contributed by atoms with van der Waals surface area (Å²) in [4.78, 5) is 15.7. The minimum Gasteiger partial charge on any atom is -0.438 e. The van der Waals surface area contributed by atoms with Crippen LogP contribution in [0, 0.1) is 20.8 Å². The molecule has 0 unspecified atom stereocenters. The maximum Gasteiger partial charge on any atom is 0.311 e. The van der Waals surface area contributed by atoms with Crippen molar-refractivity contribution >= 4 is 11.6 Å². The predicted octanol–water partition coefficient (Wildman–Crippen LogP) is 2.85. The van der Waals surface area contributed by atoms with Gasteiger partial charge in [-0.05, 0) is 44.0 Å². The normalized spacial score (nSPS) is 10.3. The van der Waals surface area contributed by atoms with Crippen molar-refractivity contribution in [3.63, 3.8) is 0 Å². The number of amides is 1. The van der Waals surface area contributed by atoms with Crippen molar-refractivity contribution in [1.29, 1.82) is 0 Å². The Morgan fingerprint density at radius 3 is 2.35 bits per heavy atom. The molecule has 0 aliphatic carbocycles. The van der Waals surface area contributed by atoms with Crippen molar-refractivity contribution in [3.05, 3.63) is 47.2 Å². The monoisotopic (exact) mass is 230 g/mol. The number of nitrogens with one attached hydrogen (secondary N) is 1. The molecule has 1 aromatic heterocycles. The Bertz CT molecular complexity index is 538. The molecule has 0 radical (unpaired) electrons. The molecule has 0 saturated heterocycles. The van der Waals surface area contributed by atoms with Gasteiger partial charge in [0.15, 0.2) is 0 Å². The van der Waals surface area contributed by atoms with Gasteiger partial charge in [-0.25, -0.2) is 4.98 Å². The second kappa shape index (κ2) is 4.41. The highest BCUT2D eigenvalue weighted by atomic mass is 16.4. The van der Waals surface area contributed by atoms with Crippen LogP contribution >= 0.6 is 0 Å². The van der Waals surface area contributed by atoms with Crippen LogP contribution in [-0.4, -0.2) is 10.9 Å². The average molecular weight is 230 g/mol. The van der Waals surface area contributed by atoms with E-state index in [0.29, 0.717) is 5.76 Å². The summed E-state index contributed by atoms with van der Waals surface area (Å²) in [5.41, 5.74) is 2.95. The molecule has 0 bridgehead atoms. The molecule has 1 amide bonds. The lowest BCUT2D eigenvalue weighted by Gasteiger charge is -2.05. The first kappa shape index (κ1) is 11.4. The van der Waals surface area contributed by atoms with Gasteiger partial charge in [-0.15, -0.1) is 0 Å². The largest absolute Gasteiger partial charge is 0.438 e. The van der Waals surface area contributed by atoms with Crippen LogP contribution in [0.25, 0.3) is 0 Å². The number of oxazole rings is 1. The molecule has 17 heavy (non-hydrogen) atoms. The molecule has 1 aromatic carbocycles. The van der Waals surface area contributed by atoms with Crippen molar-refractivity contribution in [2.45, 2.75) is 20.8 Å². The Balaban J connectivity index is 2.18. The smallest absolute Gasteiger partial charge is 0.311 e. The van der Waals surface area contributed by atoms with Gasteiger partial charge in [0.25, 0.3) is 5.89 Å². The van der Waals surface area contributed by atoms with Gasteiger partial charge in [-0.3, -0.25) is 4.79 Å². The highest BCUT2D eigenvalue weighted by molar-refractivity contribution is 6.01. The summed E-state index contributed by atoms with van der Waals surface area (Å²) in [5, 5.41) is 2.76. The number of benzene rings is 1. The van der Waals surface area contributed by atoms with E-state index in [-0.39, 0.29) is 11.8 Å². The third-order valence-electron chi connectivity index (χ3n) is 2.30. The molecule has 4 nitrogen and oxygen atoms in total. The molecule has 0 atom stereocenters. The van der Waals surface area contributed by atoms with Crippen molar-refractivity contribution in [2.75, 3.05) is 5.32 Å². The van der Waals surface area contributed by atoms with Gasteiger partial charge < -0.3 is 9.73 Å². The summed E-state index contributed by atoms with van der Waals surface area (Å²) < 4.78 is 5.15. The zero-order valence-electron chi connectivity index (χ0n) is 10.1. The number of hydrogen-bond acceptors (Lipinski definition) is 3. The summed E-state index contributed by atoms with van der Waals surface area (Å²) in [6.45, 7) is 5.72. The van der Waals surface area contributed by atoms with Gasteiger partial charge in [0, 0.05) is 5.69 Å². The van der Waals surface area contributed by atoms with Crippen molar-refractivity contribution in [1.82, 2.24) is 4.98 Å². The van der Waals surface area contributed by atoms with Crippen LogP contribution in [0.1, 0.15) is 27.6 Å². The lowest BCUT2D eigenvalue weighted by atomic mass is 10.1. The zero-order valence-corrected chi connectivity index (χ0v) is 10.1. The Hall–Kier alpha value is -2.10. The number of hydrogen-bond donors (Lipinski definition) is 1. The molecule has 1 N–H and O–H groups in total. The molecule has 2 rings (SSSR count). The first-order chi connectivity index (χ1) is 8.04. The van der Waals surface area contributed by atoms with Gasteiger partial charge in [0.1, 0.15) is 5.76 Å². The minimum absolute atomic E-state index is 0.0849. The molecule has 1 heterocycles. The summed E-state index contributed by atoms with van der Waals surface area (Å²) in [5.74, 6) is 0.375. The van der Waals surface area contributed by atoms with Crippen molar-refractivity contribution in [3.8, 4) is 0 Å². The van der Waals surface area contributed by atoms with E-state index >= 15 is 0 Å². The maximum absolute atomic E-state index is 11.8. The minimum atomic E-state index is -0.330. The first-order valence-corrected chi connectivity index (χ1v) is 5.36. The molecular weight excluding hydrogens is 216 g/mol. The molecule has 0 aliphatic heterocycles. The Kier molecular flexibility index (Phi) is 2.95. The lowest BCUT2D eigenvalue weighted by molar-refractivity contribution is 0.0989. The van der Waals surface area contributed by atoms with E-state index in [4.69, 9.17) is 4.42 Å². The zero-order chi connectivity index (χ0) is 12.4. The maximum atomic E-state index is 11.8. The Labute approximate surface area is 99.7 Å². The number of anilines is 1. The molecular formula is C13H14N2O2. The third-order valence-corrected chi connectivity index (χ3v) is 2.30. The number of nitrogens with zero attached hydrogens (tertiary/aromatic N) is 1. The van der Waals surface area contributed by atoms with Gasteiger partial charge >= 0.3 is 5.91 Å². The van der Waals surface area contributed by atoms with Gasteiger partial charge in [0.2, 0.25) is 0 Å². The second-order valence-electron chi connectivity index (χ2n) is 4.11. The van der Waals surface area contributed by atoms with Crippen LogP contribution in [0.2, 0.25) is 0 Å². The van der Waals surface area contributed by atoms with Crippen molar-refractivity contribution in [2.24, 2.45) is 0 Å². The highest BCUT2D eigenvalue weighted by Crippen LogP contribution is 2.14. The average Bonchev–Trinajstić information content (AvgIpc) is 2.63. The summed E-state index contributed by atoms with van der Waals surface area (Å²) >= 11 is 0. The fourth-order valence-electron chi connectivity index (χ4n) is 1.69. The van der Waals surface area contributed by atoms with E-state index in [1.54, 1.807) is 6.92 Å².